The predicted molar refractivity (Wildman–Crippen MR) is 108 cm³/mol. The zero-order valence-corrected chi connectivity index (χ0v) is 16.2. The number of carbonyl (C=O) groups excluding carboxylic acids is 2. The molecule has 1 amide bonds. The molecule has 1 saturated carbocycles. The second-order valence-corrected chi connectivity index (χ2v) is 7.19. The number of nitrogens with one attached hydrogen (secondary N) is 1. The average molecular weight is 381 g/mol. The number of methoxy groups -OCH3 is 1. The smallest absolute Gasteiger partial charge is 0.306 e. The Hall–Kier alpha value is -2.82. The summed E-state index contributed by atoms with van der Waals surface area (Å²) in [6.07, 6.45) is 5.08. The number of esters is 1. The van der Waals surface area contributed by atoms with Crippen LogP contribution in [0.5, 0.6) is 5.75 Å². The number of anilines is 1. The molecule has 2 aromatic rings. The standard InChI is InChI=1S/C23H27NO4/c1-27-20-14-12-19(13-15-20)24-23(26)22(18-9-3-2-4-10-18)28-21(25)16-11-17-7-5-6-8-17/h2-4,9-10,12-15,17,22H,5-8,11,16H2,1H3,(H,24,26)/t22-/m0/s1. The highest BCUT2D eigenvalue weighted by molar-refractivity contribution is 5.96. The Balaban J connectivity index is 1.65. The van der Waals surface area contributed by atoms with Crippen LogP contribution in [0.15, 0.2) is 54.6 Å². The van der Waals surface area contributed by atoms with E-state index in [9.17, 15) is 9.59 Å². The van der Waals surface area contributed by atoms with Crippen LogP contribution in [0.2, 0.25) is 0 Å². The fourth-order valence-corrected chi connectivity index (χ4v) is 3.59. The van der Waals surface area contributed by atoms with Crippen molar-refractivity contribution < 1.29 is 19.1 Å². The first-order valence-electron chi connectivity index (χ1n) is 9.85. The summed E-state index contributed by atoms with van der Waals surface area (Å²) in [6, 6.07) is 16.1. The number of benzene rings is 2. The third kappa shape index (κ3) is 5.59. The molecule has 0 heterocycles. The molecule has 148 valence electrons. The second kappa shape index (κ2) is 9.93. The Morgan fingerprint density at radius 1 is 1.04 bits per heavy atom. The maximum absolute atomic E-state index is 12.8. The van der Waals surface area contributed by atoms with Crippen LogP contribution in [0.3, 0.4) is 0 Å². The molecule has 5 nitrogen and oxygen atoms in total. The normalized spacial score (nSPS) is 15.0. The molecule has 3 rings (SSSR count). The van der Waals surface area contributed by atoms with Gasteiger partial charge in [-0.2, -0.15) is 0 Å². The van der Waals surface area contributed by atoms with Gasteiger partial charge < -0.3 is 14.8 Å². The van der Waals surface area contributed by atoms with Crippen LogP contribution in [-0.4, -0.2) is 19.0 Å². The van der Waals surface area contributed by atoms with E-state index >= 15 is 0 Å². The maximum Gasteiger partial charge on any atom is 0.306 e. The lowest BCUT2D eigenvalue weighted by molar-refractivity contribution is -0.155. The molecule has 1 fully saturated rings. The molecule has 0 radical (unpaired) electrons. The molecule has 0 aliphatic heterocycles. The van der Waals surface area contributed by atoms with Gasteiger partial charge in [0.15, 0.2) is 0 Å². The van der Waals surface area contributed by atoms with Gasteiger partial charge in [-0.1, -0.05) is 56.0 Å². The monoisotopic (exact) mass is 381 g/mol. The number of hydrogen-bond donors (Lipinski definition) is 1. The molecule has 0 spiro atoms. The fraction of sp³-hybridized carbons (Fsp3) is 0.391. The summed E-state index contributed by atoms with van der Waals surface area (Å²) in [7, 11) is 1.59. The van der Waals surface area contributed by atoms with Crippen molar-refractivity contribution in [2.45, 2.75) is 44.6 Å². The van der Waals surface area contributed by atoms with Gasteiger partial charge in [-0.25, -0.2) is 0 Å². The van der Waals surface area contributed by atoms with E-state index < -0.39 is 6.10 Å². The summed E-state index contributed by atoms with van der Waals surface area (Å²) < 4.78 is 10.7. The van der Waals surface area contributed by atoms with Gasteiger partial charge in [-0.3, -0.25) is 9.59 Å². The molecular weight excluding hydrogens is 354 g/mol. The Kier molecular flexibility index (Phi) is 7.06. The molecule has 0 saturated heterocycles. The number of amides is 1. The Morgan fingerprint density at radius 3 is 2.36 bits per heavy atom. The van der Waals surface area contributed by atoms with Gasteiger partial charge in [0, 0.05) is 17.7 Å². The highest BCUT2D eigenvalue weighted by Gasteiger charge is 2.26. The van der Waals surface area contributed by atoms with Gasteiger partial charge in [0.25, 0.3) is 5.91 Å². The lowest BCUT2D eigenvalue weighted by Crippen LogP contribution is -2.26. The van der Waals surface area contributed by atoms with Gasteiger partial charge in [0.1, 0.15) is 5.75 Å². The van der Waals surface area contributed by atoms with Crippen LogP contribution in [0.1, 0.15) is 50.2 Å². The zero-order valence-electron chi connectivity index (χ0n) is 16.2. The molecule has 5 heteroatoms. The Bertz CT molecular complexity index is 767. The van der Waals surface area contributed by atoms with Crippen molar-refractivity contribution in [3.05, 3.63) is 60.2 Å². The van der Waals surface area contributed by atoms with Crippen molar-refractivity contribution in [2.24, 2.45) is 5.92 Å². The van der Waals surface area contributed by atoms with Crippen LogP contribution in [0, 0.1) is 5.92 Å². The minimum Gasteiger partial charge on any atom is -0.497 e. The van der Waals surface area contributed by atoms with E-state index in [2.05, 4.69) is 5.32 Å². The topological polar surface area (TPSA) is 64.6 Å². The SMILES string of the molecule is COc1ccc(NC(=O)[C@@H](OC(=O)CCC2CCCC2)c2ccccc2)cc1. The summed E-state index contributed by atoms with van der Waals surface area (Å²) >= 11 is 0. The van der Waals surface area contributed by atoms with Crippen molar-refractivity contribution in [1.82, 2.24) is 0 Å². The van der Waals surface area contributed by atoms with Crippen LogP contribution >= 0.6 is 0 Å². The van der Waals surface area contributed by atoms with Crippen LogP contribution in [0.4, 0.5) is 5.69 Å². The van der Waals surface area contributed by atoms with Crippen molar-refractivity contribution in [1.29, 1.82) is 0 Å². The summed E-state index contributed by atoms with van der Waals surface area (Å²) in [6.45, 7) is 0. The molecule has 1 N–H and O–H groups in total. The van der Waals surface area contributed by atoms with E-state index in [-0.39, 0.29) is 11.9 Å². The molecule has 0 unspecified atom stereocenters. The maximum atomic E-state index is 12.8. The highest BCUT2D eigenvalue weighted by Crippen LogP contribution is 2.29. The summed E-state index contributed by atoms with van der Waals surface area (Å²) in [4.78, 5) is 25.2. The predicted octanol–water partition coefficient (Wildman–Crippen LogP) is 4.89. The van der Waals surface area contributed by atoms with E-state index in [1.807, 2.05) is 18.2 Å². The summed E-state index contributed by atoms with van der Waals surface area (Å²) in [5.74, 6) is 0.614. The number of rotatable bonds is 8. The Morgan fingerprint density at radius 2 is 1.71 bits per heavy atom. The van der Waals surface area contributed by atoms with Gasteiger partial charge in [-0.05, 0) is 36.6 Å². The minimum atomic E-state index is -0.973. The molecule has 1 atom stereocenters. The number of hydrogen-bond acceptors (Lipinski definition) is 4. The quantitative estimate of drug-likeness (QED) is 0.661. The minimum absolute atomic E-state index is 0.328. The molecule has 0 aromatic heterocycles. The van der Waals surface area contributed by atoms with Crippen LogP contribution in [0.25, 0.3) is 0 Å². The highest BCUT2D eigenvalue weighted by atomic mass is 16.5. The molecule has 0 bridgehead atoms. The van der Waals surface area contributed by atoms with E-state index in [0.717, 1.165) is 6.42 Å². The van der Waals surface area contributed by atoms with Crippen molar-refractivity contribution in [3.8, 4) is 5.75 Å². The van der Waals surface area contributed by atoms with Crippen LogP contribution < -0.4 is 10.1 Å². The van der Waals surface area contributed by atoms with Crippen molar-refractivity contribution >= 4 is 17.6 Å². The third-order valence-electron chi connectivity index (χ3n) is 5.18. The molecular formula is C23H27NO4. The van der Waals surface area contributed by atoms with Gasteiger partial charge in [-0.15, -0.1) is 0 Å². The zero-order chi connectivity index (χ0) is 19.8. The van der Waals surface area contributed by atoms with Crippen LogP contribution in [-0.2, 0) is 14.3 Å². The molecule has 2 aromatic carbocycles. The van der Waals surface area contributed by atoms with Gasteiger partial charge in [0.05, 0.1) is 7.11 Å². The first kappa shape index (κ1) is 19.9. The van der Waals surface area contributed by atoms with Crippen molar-refractivity contribution in [3.63, 3.8) is 0 Å². The van der Waals surface area contributed by atoms with E-state index in [0.29, 0.717) is 29.3 Å². The van der Waals surface area contributed by atoms with E-state index in [1.54, 1.807) is 43.5 Å². The summed E-state index contributed by atoms with van der Waals surface area (Å²) in [5, 5.41) is 2.82. The summed E-state index contributed by atoms with van der Waals surface area (Å²) in [5.41, 5.74) is 1.27. The Labute approximate surface area is 166 Å². The average Bonchev–Trinajstić information content (AvgIpc) is 3.25. The third-order valence-corrected chi connectivity index (χ3v) is 5.18. The van der Waals surface area contributed by atoms with Crippen molar-refractivity contribution in [2.75, 3.05) is 12.4 Å². The van der Waals surface area contributed by atoms with Gasteiger partial charge >= 0.3 is 5.97 Å². The first-order valence-corrected chi connectivity index (χ1v) is 9.85. The number of ether oxygens (including phenoxy) is 2. The lowest BCUT2D eigenvalue weighted by atomic mass is 10.0. The largest absolute Gasteiger partial charge is 0.497 e. The molecule has 1 aliphatic rings. The fourth-order valence-electron chi connectivity index (χ4n) is 3.59. The lowest BCUT2D eigenvalue weighted by Gasteiger charge is -2.19. The first-order chi connectivity index (χ1) is 13.7. The van der Waals surface area contributed by atoms with E-state index in [1.165, 1.54) is 25.7 Å². The molecule has 1 aliphatic carbocycles. The van der Waals surface area contributed by atoms with Gasteiger partial charge in [0.2, 0.25) is 6.10 Å². The number of carbonyl (C=O) groups is 2. The molecule has 28 heavy (non-hydrogen) atoms. The van der Waals surface area contributed by atoms with E-state index in [4.69, 9.17) is 9.47 Å². The second-order valence-electron chi connectivity index (χ2n) is 7.19.